The van der Waals surface area contributed by atoms with Crippen LogP contribution in [0.1, 0.15) is 5.56 Å². The lowest BCUT2D eigenvalue weighted by atomic mass is 10.1. The maximum absolute atomic E-state index is 5.56. The Morgan fingerprint density at radius 2 is 1.49 bits per heavy atom. The zero-order valence-electron chi connectivity index (χ0n) is 19.3. The van der Waals surface area contributed by atoms with Gasteiger partial charge in [-0.1, -0.05) is 72.0 Å². The highest BCUT2D eigenvalue weighted by Gasteiger charge is 2.35. The van der Waals surface area contributed by atoms with Crippen molar-refractivity contribution in [3.8, 4) is 11.3 Å². The molecule has 0 spiro atoms. The summed E-state index contributed by atoms with van der Waals surface area (Å²) in [5.74, 6) is 0. The van der Waals surface area contributed by atoms with Crippen LogP contribution in [0.4, 0.5) is 10.1 Å². The molecule has 3 aliphatic rings. The molecular formula is C26H26N5O2S2+. The van der Waals surface area contributed by atoms with Gasteiger partial charge in [-0.2, -0.15) is 0 Å². The quantitative estimate of drug-likeness (QED) is 0.496. The summed E-state index contributed by atoms with van der Waals surface area (Å²) >= 11 is 3.28. The third kappa shape index (κ3) is 4.95. The van der Waals surface area contributed by atoms with Gasteiger partial charge in [-0.25, -0.2) is 14.6 Å². The van der Waals surface area contributed by atoms with Gasteiger partial charge in [0.1, 0.15) is 23.8 Å². The molecule has 7 nitrogen and oxygen atoms in total. The Labute approximate surface area is 212 Å². The molecule has 0 saturated carbocycles. The molecule has 1 aromatic heterocycles. The highest BCUT2D eigenvalue weighted by Crippen LogP contribution is 2.41. The monoisotopic (exact) mass is 504 g/mol. The number of thioether (sulfide) groups is 1. The van der Waals surface area contributed by atoms with E-state index in [-0.39, 0.29) is 0 Å². The van der Waals surface area contributed by atoms with E-state index >= 15 is 0 Å². The van der Waals surface area contributed by atoms with E-state index < -0.39 is 0 Å². The largest absolute Gasteiger partial charge is 0.378 e. The number of nitrogens with zero attached hydrogens (tertiary/aromatic N) is 5. The summed E-state index contributed by atoms with van der Waals surface area (Å²) < 4.78 is 13.4. The van der Waals surface area contributed by atoms with Gasteiger partial charge in [0.15, 0.2) is 10.2 Å². The van der Waals surface area contributed by atoms with Crippen LogP contribution in [0.25, 0.3) is 11.3 Å². The van der Waals surface area contributed by atoms with E-state index in [2.05, 4.69) is 33.7 Å². The molecule has 0 aliphatic carbocycles. The van der Waals surface area contributed by atoms with Crippen molar-refractivity contribution in [1.82, 2.24) is 4.98 Å². The summed E-state index contributed by atoms with van der Waals surface area (Å²) in [6.45, 7) is 6.28. The zero-order valence-corrected chi connectivity index (χ0v) is 20.9. The second-order valence-electron chi connectivity index (χ2n) is 8.34. The summed E-state index contributed by atoms with van der Waals surface area (Å²) in [5.41, 5.74) is 3.97. The molecule has 178 valence electrons. The maximum atomic E-state index is 5.56. The molecule has 0 N–H and O–H groups in total. The van der Waals surface area contributed by atoms with Crippen molar-refractivity contribution in [2.75, 3.05) is 57.5 Å². The Morgan fingerprint density at radius 3 is 2.20 bits per heavy atom. The molecule has 0 atom stereocenters. The first-order valence-corrected chi connectivity index (χ1v) is 13.5. The second kappa shape index (κ2) is 10.4. The van der Waals surface area contributed by atoms with E-state index in [1.807, 2.05) is 36.4 Å². The molecule has 6 rings (SSSR count). The smallest absolute Gasteiger partial charge is 0.361 e. The molecule has 3 aromatic rings. The molecule has 35 heavy (non-hydrogen) atoms. The Morgan fingerprint density at radius 1 is 0.829 bits per heavy atom. The topological polar surface area (TPSA) is 62.3 Å². The first kappa shape index (κ1) is 22.6. The summed E-state index contributed by atoms with van der Waals surface area (Å²) in [6.07, 6.45) is 0. The van der Waals surface area contributed by atoms with Crippen molar-refractivity contribution in [1.29, 1.82) is 0 Å². The number of morpholine rings is 2. The summed E-state index contributed by atoms with van der Waals surface area (Å²) in [6, 6.07) is 20.6. The zero-order chi connectivity index (χ0) is 23.5. The number of anilines is 1. The van der Waals surface area contributed by atoms with Crippen LogP contribution in [0.3, 0.4) is 0 Å². The molecule has 9 heteroatoms. The fourth-order valence-electron chi connectivity index (χ4n) is 4.19. The minimum absolute atomic E-state index is 0.725. The van der Waals surface area contributed by atoms with Gasteiger partial charge in [0.05, 0.1) is 26.4 Å². The van der Waals surface area contributed by atoms with E-state index in [1.165, 1.54) is 0 Å². The standard InChI is InChI=1S/C26H26N5O2S2/c1-3-7-19(8-4-1)21-23(34-25(27-21)30-11-15-32-16-12-30)29-24-22(20-9-5-2-6-10-20)28-26(35-24)31-13-17-33-18-14-31/h1-10H,11-18H2/q+1. The van der Waals surface area contributed by atoms with E-state index in [1.54, 1.807) is 23.1 Å². The Bertz CT molecular complexity index is 1270. The molecule has 4 heterocycles. The number of ether oxygens (including phenoxy) is 2. The minimum Gasteiger partial charge on any atom is -0.378 e. The van der Waals surface area contributed by atoms with Crippen LogP contribution >= 0.6 is 23.1 Å². The SMILES string of the molecule is c1ccc(C2=NC(=[N+]3CCOCC3)S/C2=N\c2sc(N3CCOCC3)nc2-c2ccccc2)cc1. The maximum Gasteiger partial charge on any atom is 0.361 e. The Balaban J connectivity index is 1.44. The third-order valence-corrected chi connectivity index (χ3v) is 8.08. The van der Waals surface area contributed by atoms with Crippen molar-refractivity contribution >= 4 is 49.2 Å². The van der Waals surface area contributed by atoms with Gasteiger partial charge >= 0.3 is 5.17 Å². The van der Waals surface area contributed by atoms with Gasteiger partial charge in [0.25, 0.3) is 0 Å². The molecule has 0 amide bonds. The lowest BCUT2D eigenvalue weighted by Gasteiger charge is -2.25. The fourth-order valence-corrected chi connectivity index (χ4v) is 6.29. The van der Waals surface area contributed by atoms with Gasteiger partial charge < -0.3 is 14.4 Å². The van der Waals surface area contributed by atoms with Gasteiger partial charge in [0, 0.05) is 36.0 Å². The number of hydrogen-bond donors (Lipinski definition) is 0. The molecule has 2 aromatic carbocycles. The minimum atomic E-state index is 0.725. The summed E-state index contributed by atoms with van der Waals surface area (Å²) in [7, 11) is 0. The third-order valence-electron chi connectivity index (χ3n) is 6.06. The molecule has 2 fully saturated rings. The predicted molar refractivity (Wildman–Crippen MR) is 144 cm³/mol. The van der Waals surface area contributed by atoms with Gasteiger partial charge in [-0.3, -0.25) is 0 Å². The molecule has 3 aliphatic heterocycles. The van der Waals surface area contributed by atoms with E-state index in [9.17, 15) is 0 Å². The molecule has 2 saturated heterocycles. The van der Waals surface area contributed by atoms with Crippen LogP contribution in [0.15, 0.2) is 70.6 Å². The van der Waals surface area contributed by atoms with Crippen molar-refractivity contribution in [2.24, 2.45) is 9.98 Å². The van der Waals surface area contributed by atoms with Crippen LogP contribution in [0, 0.1) is 0 Å². The summed E-state index contributed by atoms with van der Waals surface area (Å²) in [4.78, 5) is 17.6. The fraction of sp³-hybridized carbons (Fsp3) is 0.308. The van der Waals surface area contributed by atoms with E-state index in [4.69, 9.17) is 24.4 Å². The molecule has 0 unspecified atom stereocenters. The van der Waals surface area contributed by atoms with Crippen LogP contribution in [0.2, 0.25) is 0 Å². The summed E-state index contributed by atoms with van der Waals surface area (Å²) in [5, 5.41) is 3.80. The molecule has 0 radical (unpaired) electrons. The van der Waals surface area contributed by atoms with E-state index in [0.717, 1.165) is 95.5 Å². The predicted octanol–water partition coefficient (Wildman–Crippen LogP) is 4.31. The van der Waals surface area contributed by atoms with Crippen molar-refractivity contribution in [2.45, 2.75) is 0 Å². The number of benzene rings is 2. The van der Waals surface area contributed by atoms with Crippen LogP contribution in [-0.4, -0.2) is 78.1 Å². The Hall–Kier alpha value is -2.85. The average molecular weight is 505 g/mol. The first-order valence-electron chi connectivity index (χ1n) is 11.8. The number of hydrogen-bond acceptors (Lipinski definition) is 7. The lowest BCUT2D eigenvalue weighted by Crippen LogP contribution is -2.36. The molecule has 0 bridgehead atoms. The number of thiazole rings is 1. The van der Waals surface area contributed by atoms with Crippen LogP contribution in [0.5, 0.6) is 0 Å². The highest BCUT2D eigenvalue weighted by molar-refractivity contribution is 8.28. The van der Waals surface area contributed by atoms with E-state index in [0.29, 0.717) is 0 Å². The van der Waals surface area contributed by atoms with Crippen molar-refractivity contribution in [3.63, 3.8) is 0 Å². The average Bonchev–Trinajstić information content (AvgIpc) is 3.56. The number of amidine groups is 1. The number of aliphatic imine (C=N–C) groups is 2. The Kier molecular flexibility index (Phi) is 6.72. The van der Waals surface area contributed by atoms with Crippen LogP contribution in [-0.2, 0) is 9.47 Å². The van der Waals surface area contributed by atoms with Gasteiger partial charge in [0.2, 0.25) is 5.71 Å². The van der Waals surface area contributed by atoms with Crippen LogP contribution < -0.4 is 4.90 Å². The van der Waals surface area contributed by atoms with Crippen molar-refractivity contribution < 1.29 is 14.0 Å². The number of aromatic nitrogens is 1. The van der Waals surface area contributed by atoms with Crippen molar-refractivity contribution in [3.05, 3.63) is 66.2 Å². The first-order chi connectivity index (χ1) is 17.3. The highest BCUT2D eigenvalue weighted by atomic mass is 32.2. The second-order valence-corrected chi connectivity index (χ2v) is 10.3. The van der Waals surface area contributed by atoms with Gasteiger partial charge in [-0.15, -0.1) is 0 Å². The normalized spacial score (nSPS) is 19.9. The molecular weight excluding hydrogens is 478 g/mol. The lowest BCUT2D eigenvalue weighted by molar-refractivity contribution is -0.547. The number of rotatable bonds is 4. The van der Waals surface area contributed by atoms with Gasteiger partial charge in [-0.05, 0) is 4.99 Å².